The van der Waals surface area contributed by atoms with Crippen LogP contribution in [0.1, 0.15) is 32.7 Å². The molecule has 0 atom stereocenters. The summed E-state index contributed by atoms with van der Waals surface area (Å²) >= 11 is 0. The Balaban J connectivity index is 1.80. The number of hydrogen-bond acceptors (Lipinski definition) is 4. The summed E-state index contributed by atoms with van der Waals surface area (Å²) in [5, 5.41) is 0. The first-order valence-corrected chi connectivity index (χ1v) is 6.64. The van der Waals surface area contributed by atoms with Gasteiger partial charge < -0.3 is 9.47 Å². The first kappa shape index (κ1) is 13.4. The fourth-order valence-corrected chi connectivity index (χ4v) is 2.38. The lowest BCUT2D eigenvalue weighted by Crippen LogP contribution is -2.01. The second-order valence-corrected chi connectivity index (χ2v) is 4.84. The van der Waals surface area contributed by atoms with Crippen molar-refractivity contribution in [2.75, 3.05) is 7.11 Å². The molecular weight excluding hydrogens is 268 g/mol. The minimum Gasteiger partial charge on any atom is -0.497 e. The monoisotopic (exact) mass is 282 g/mol. The van der Waals surface area contributed by atoms with Gasteiger partial charge in [-0.1, -0.05) is 24.3 Å². The lowest BCUT2D eigenvalue weighted by molar-refractivity contribution is 0.0922. The molecule has 1 aliphatic carbocycles. The summed E-state index contributed by atoms with van der Waals surface area (Å²) in [5.41, 5.74) is 1.84. The Kier molecular flexibility index (Phi) is 3.44. The Morgan fingerprint density at radius 2 is 1.76 bits per heavy atom. The van der Waals surface area contributed by atoms with Crippen LogP contribution in [0.5, 0.6) is 11.5 Å². The van der Waals surface area contributed by atoms with Crippen molar-refractivity contribution in [3.8, 4) is 11.5 Å². The predicted octanol–water partition coefficient (Wildman–Crippen LogP) is 3.04. The lowest BCUT2D eigenvalue weighted by Gasteiger charge is -2.10. The van der Waals surface area contributed by atoms with E-state index in [2.05, 4.69) is 0 Å². The molecule has 0 fully saturated rings. The van der Waals surface area contributed by atoms with Gasteiger partial charge in [0.05, 0.1) is 19.1 Å². The first-order chi connectivity index (χ1) is 10.2. The number of rotatable bonds is 4. The van der Waals surface area contributed by atoms with Gasteiger partial charge in [0, 0.05) is 5.56 Å². The van der Waals surface area contributed by atoms with Gasteiger partial charge in [0.25, 0.3) is 0 Å². The maximum Gasteiger partial charge on any atom is 0.175 e. The number of benzene rings is 2. The maximum atomic E-state index is 11.9. The van der Waals surface area contributed by atoms with Crippen molar-refractivity contribution in [3.05, 3.63) is 59.2 Å². The van der Waals surface area contributed by atoms with Gasteiger partial charge >= 0.3 is 0 Å². The summed E-state index contributed by atoms with van der Waals surface area (Å²) in [6.07, 6.45) is -0.0573. The highest BCUT2D eigenvalue weighted by molar-refractivity contribution is 6.25. The van der Waals surface area contributed by atoms with Crippen molar-refractivity contribution in [2.24, 2.45) is 0 Å². The summed E-state index contributed by atoms with van der Waals surface area (Å²) in [7, 11) is 1.61. The fourth-order valence-electron chi connectivity index (χ4n) is 2.38. The third-order valence-corrected chi connectivity index (χ3v) is 3.48. The molecule has 3 rings (SSSR count). The van der Waals surface area contributed by atoms with Crippen LogP contribution in [0, 0.1) is 0 Å². The van der Waals surface area contributed by atoms with Crippen LogP contribution in [-0.4, -0.2) is 18.7 Å². The van der Waals surface area contributed by atoms with Gasteiger partial charge in [-0.3, -0.25) is 9.59 Å². The van der Waals surface area contributed by atoms with Gasteiger partial charge in [0.2, 0.25) is 0 Å². The lowest BCUT2D eigenvalue weighted by atomic mass is 10.1. The highest BCUT2D eigenvalue weighted by atomic mass is 16.5. The average molecular weight is 282 g/mol. The molecule has 0 saturated heterocycles. The number of carbonyl (C=O) groups excluding carboxylic acids is 2. The van der Waals surface area contributed by atoms with Crippen LogP contribution in [0.15, 0.2) is 42.5 Å². The normalized spacial score (nSPS) is 13.2. The molecule has 0 aliphatic heterocycles. The smallest absolute Gasteiger partial charge is 0.175 e. The molecule has 0 amide bonds. The summed E-state index contributed by atoms with van der Waals surface area (Å²) in [5.74, 6) is 0.949. The van der Waals surface area contributed by atoms with Crippen LogP contribution in [0.4, 0.5) is 0 Å². The van der Waals surface area contributed by atoms with Gasteiger partial charge in [0.15, 0.2) is 11.6 Å². The Bertz CT molecular complexity index is 701. The molecule has 0 bridgehead atoms. The summed E-state index contributed by atoms with van der Waals surface area (Å²) < 4.78 is 10.8. The van der Waals surface area contributed by atoms with Crippen molar-refractivity contribution < 1.29 is 19.1 Å². The van der Waals surface area contributed by atoms with Gasteiger partial charge in [0.1, 0.15) is 18.1 Å². The third kappa shape index (κ3) is 2.52. The molecule has 0 aromatic heterocycles. The van der Waals surface area contributed by atoms with E-state index in [1.807, 2.05) is 24.3 Å². The second kappa shape index (κ2) is 5.40. The van der Waals surface area contributed by atoms with Gasteiger partial charge in [-0.25, -0.2) is 0 Å². The van der Waals surface area contributed by atoms with Crippen molar-refractivity contribution in [1.82, 2.24) is 0 Å². The quantitative estimate of drug-likeness (QED) is 0.809. The average Bonchev–Trinajstić information content (AvgIpc) is 2.81. The molecule has 4 nitrogen and oxygen atoms in total. The molecule has 0 spiro atoms. The first-order valence-electron chi connectivity index (χ1n) is 6.64. The van der Waals surface area contributed by atoms with E-state index >= 15 is 0 Å². The van der Waals surface area contributed by atoms with Crippen molar-refractivity contribution >= 4 is 11.6 Å². The van der Waals surface area contributed by atoms with E-state index in [1.165, 1.54) is 0 Å². The standard InChI is InChI=1S/C17H14O4/c1-20-12-7-5-11(6-8-12)10-21-16-4-2-3-13-14(18)9-15(19)17(13)16/h2-8H,9-10H2,1H3. The molecule has 2 aromatic rings. The summed E-state index contributed by atoms with van der Waals surface area (Å²) in [4.78, 5) is 23.6. The molecule has 0 unspecified atom stereocenters. The van der Waals surface area contributed by atoms with Gasteiger partial charge in [-0.2, -0.15) is 0 Å². The van der Waals surface area contributed by atoms with E-state index in [9.17, 15) is 9.59 Å². The molecular formula is C17H14O4. The van der Waals surface area contributed by atoms with Crippen LogP contribution in [0.3, 0.4) is 0 Å². The largest absolute Gasteiger partial charge is 0.497 e. The van der Waals surface area contributed by atoms with Crippen LogP contribution in [0.2, 0.25) is 0 Å². The molecule has 1 aliphatic rings. The molecule has 21 heavy (non-hydrogen) atoms. The Morgan fingerprint density at radius 3 is 2.48 bits per heavy atom. The number of Topliss-reactive ketones (excluding diaryl/α,β-unsaturated/α-hetero) is 2. The molecule has 4 heteroatoms. The molecule has 0 heterocycles. The van der Waals surface area contributed by atoms with E-state index in [-0.39, 0.29) is 18.0 Å². The Labute approximate surface area is 122 Å². The predicted molar refractivity (Wildman–Crippen MR) is 77.0 cm³/mol. The van der Waals surface area contributed by atoms with E-state index in [4.69, 9.17) is 9.47 Å². The minimum absolute atomic E-state index is 0.0573. The Morgan fingerprint density at radius 1 is 1.00 bits per heavy atom. The van der Waals surface area contributed by atoms with Crippen LogP contribution in [-0.2, 0) is 6.61 Å². The zero-order valence-electron chi connectivity index (χ0n) is 11.6. The third-order valence-electron chi connectivity index (χ3n) is 3.48. The number of fused-ring (bicyclic) bond motifs is 1. The van der Waals surface area contributed by atoms with E-state index in [1.54, 1.807) is 25.3 Å². The molecule has 0 saturated carbocycles. The van der Waals surface area contributed by atoms with E-state index in [0.717, 1.165) is 11.3 Å². The summed E-state index contributed by atoms with van der Waals surface area (Å²) in [6.45, 7) is 0.335. The zero-order chi connectivity index (χ0) is 14.8. The van der Waals surface area contributed by atoms with Crippen LogP contribution in [0.25, 0.3) is 0 Å². The number of hydrogen-bond donors (Lipinski definition) is 0. The second-order valence-electron chi connectivity index (χ2n) is 4.84. The van der Waals surface area contributed by atoms with Crippen molar-refractivity contribution in [2.45, 2.75) is 13.0 Å². The minimum atomic E-state index is -0.166. The van der Waals surface area contributed by atoms with Gasteiger partial charge in [-0.15, -0.1) is 0 Å². The van der Waals surface area contributed by atoms with E-state index < -0.39 is 0 Å². The number of ketones is 2. The van der Waals surface area contributed by atoms with Crippen LogP contribution >= 0.6 is 0 Å². The molecule has 0 radical (unpaired) electrons. The summed E-state index contributed by atoms with van der Waals surface area (Å²) in [6, 6.07) is 12.6. The van der Waals surface area contributed by atoms with Crippen molar-refractivity contribution in [1.29, 1.82) is 0 Å². The Hall–Kier alpha value is -2.62. The number of carbonyl (C=O) groups is 2. The van der Waals surface area contributed by atoms with Crippen LogP contribution < -0.4 is 9.47 Å². The van der Waals surface area contributed by atoms with Gasteiger partial charge in [-0.05, 0) is 23.8 Å². The van der Waals surface area contributed by atoms with Crippen molar-refractivity contribution in [3.63, 3.8) is 0 Å². The molecule has 0 N–H and O–H groups in total. The zero-order valence-corrected chi connectivity index (χ0v) is 11.6. The SMILES string of the molecule is COc1ccc(COc2cccc3c2C(=O)CC3=O)cc1. The molecule has 106 valence electrons. The maximum absolute atomic E-state index is 11.9. The van der Waals surface area contributed by atoms with E-state index in [0.29, 0.717) is 23.5 Å². The molecule has 2 aromatic carbocycles. The topological polar surface area (TPSA) is 52.6 Å². The fraction of sp³-hybridized carbons (Fsp3) is 0.176. The highest BCUT2D eigenvalue weighted by Gasteiger charge is 2.30. The number of ether oxygens (including phenoxy) is 2. The highest BCUT2D eigenvalue weighted by Crippen LogP contribution is 2.31. The number of methoxy groups -OCH3 is 1.